The van der Waals surface area contributed by atoms with Crippen molar-refractivity contribution in [1.82, 2.24) is 0 Å². The summed E-state index contributed by atoms with van der Waals surface area (Å²) in [6.07, 6.45) is 4.51. The van der Waals surface area contributed by atoms with Crippen molar-refractivity contribution in [2.75, 3.05) is 6.61 Å². The predicted molar refractivity (Wildman–Crippen MR) is 72.5 cm³/mol. The lowest BCUT2D eigenvalue weighted by atomic mass is 9.58. The molecule has 0 aromatic heterocycles. The highest BCUT2D eigenvalue weighted by Crippen LogP contribution is 2.49. The minimum atomic E-state index is -0.232. The first-order valence-electron chi connectivity index (χ1n) is 6.88. The molecule has 0 heterocycles. The van der Waals surface area contributed by atoms with Crippen LogP contribution < -0.4 is 4.74 Å². The minimum Gasteiger partial charge on any atom is -0.494 e. The summed E-state index contributed by atoms with van der Waals surface area (Å²) in [5.74, 6) is 1.62. The molecule has 0 spiro atoms. The lowest BCUT2D eigenvalue weighted by Gasteiger charge is -2.43. The molecule has 2 rings (SSSR count). The van der Waals surface area contributed by atoms with Gasteiger partial charge in [-0.3, -0.25) is 0 Å². The maximum absolute atomic E-state index is 9.47. The number of hydrogen-bond donors (Lipinski definition) is 0. The Bertz CT molecular complexity index is 423. The number of nitriles is 1. The van der Waals surface area contributed by atoms with Crippen molar-refractivity contribution in [1.29, 1.82) is 5.26 Å². The molecule has 2 nitrogen and oxygen atoms in total. The highest BCUT2D eigenvalue weighted by atomic mass is 16.5. The van der Waals surface area contributed by atoms with Crippen molar-refractivity contribution in [3.8, 4) is 11.8 Å². The van der Waals surface area contributed by atoms with Crippen molar-refractivity contribution in [3.05, 3.63) is 29.8 Å². The number of ether oxygens (including phenoxy) is 1. The third-order valence-corrected chi connectivity index (χ3v) is 3.90. The lowest BCUT2D eigenvalue weighted by Crippen LogP contribution is -2.39. The van der Waals surface area contributed by atoms with Crippen LogP contribution in [0.25, 0.3) is 0 Å². The van der Waals surface area contributed by atoms with E-state index in [0.717, 1.165) is 30.1 Å². The molecule has 1 aliphatic carbocycles. The van der Waals surface area contributed by atoms with Crippen LogP contribution >= 0.6 is 0 Å². The molecular weight excluding hydrogens is 222 g/mol. The SMILES string of the molecule is CCCC1CC(C#N)(c2ccc(OCC)cc2)C1. The zero-order valence-electron chi connectivity index (χ0n) is 11.3. The molecule has 1 fully saturated rings. The van der Waals surface area contributed by atoms with E-state index in [1.54, 1.807) is 0 Å². The van der Waals surface area contributed by atoms with Crippen LogP contribution in [0.3, 0.4) is 0 Å². The number of hydrogen-bond acceptors (Lipinski definition) is 2. The van der Waals surface area contributed by atoms with Gasteiger partial charge in [-0.25, -0.2) is 0 Å². The smallest absolute Gasteiger partial charge is 0.119 e. The molecule has 1 aromatic rings. The topological polar surface area (TPSA) is 33.0 Å². The van der Waals surface area contributed by atoms with Gasteiger partial charge in [0.05, 0.1) is 18.1 Å². The van der Waals surface area contributed by atoms with Gasteiger partial charge in [-0.15, -0.1) is 0 Å². The molecule has 1 aromatic carbocycles. The van der Waals surface area contributed by atoms with Crippen molar-refractivity contribution in [2.45, 2.75) is 44.9 Å². The first-order valence-corrected chi connectivity index (χ1v) is 6.88. The Morgan fingerprint density at radius 3 is 2.44 bits per heavy atom. The van der Waals surface area contributed by atoms with Gasteiger partial charge in [-0.05, 0) is 43.4 Å². The third kappa shape index (κ3) is 2.36. The maximum atomic E-state index is 9.47. The van der Waals surface area contributed by atoms with Crippen LogP contribution in [0.15, 0.2) is 24.3 Å². The molecule has 0 bridgehead atoms. The summed E-state index contributed by atoms with van der Waals surface area (Å²) < 4.78 is 5.44. The van der Waals surface area contributed by atoms with E-state index in [2.05, 4.69) is 25.1 Å². The van der Waals surface area contributed by atoms with Gasteiger partial charge in [-0.1, -0.05) is 31.9 Å². The van der Waals surface area contributed by atoms with Gasteiger partial charge in [0.2, 0.25) is 0 Å². The average Bonchev–Trinajstić information content (AvgIpc) is 2.35. The van der Waals surface area contributed by atoms with Gasteiger partial charge in [0, 0.05) is 0 Å². The van der Waals surface area contributed by atoms with Crippen molar-refractivity contribution in [2.24, 2.45) is 5.92 Å². The molecule has 1 saturated carbocycles. The number of rotatable bonds is 5. The number of nitrogens with zero attached hydrogens (tertiary/aromatic N) is 1. The zero-order chi connectivity index (χ0) is 13.0. The predicted octanol–water partition coefficient (Wildman–Crippen LogP) is 4.06. The van der Waals surface area contributed by atoms with E-state index in [4.69, 9.17) is 4.74 Å². The number of benzene rings is 1. The fraction of sp³-hybridized carbons (Fsp3) is 0.562. The summed E-state index contributed by atoms with van der Waals surface area (Å²) in [7, 11) is 0. The van der Waals surface area contributed by atoms with E-state index in [-0.39, 0.29) is 5.41 Å². The molecule has 0 amide bonds. The molecule has 96 valence electrons. The summed E-state index contributed by atoms with van der Waals surface area (Å²) in [5.41, 5.74) is 0.922. The van der Waals surface area contributed by atoms with Crippen LogP contribution in [0.2, 0.25) is 0 Å². The normalized spacial score (nSPS) is 26.2. The van der Waals surface area contributed by atoms with E-state index >= 15 is 0 Å². The molecular formula is C16H21NO. The lowest BCUT2D eigenvalue weighted by molar-refractivity contribution is 0.184. The van der Waals surface area contributed by atoms with Gasteiger partial charge >= 0.3 is 0 Å². The highest BCUT2D eigenvalue weighted by Gasteiger charge is 2.45. The Morgan fingerprint density at radius 1 is 1.28 bits per heavy atom. The van der Waals surface area contributed by atoms with Crippen LogP contribution in [-0.2, 0) is 5.41 Å². The van der Waals surface area contributed by atoms with Crippen LogP contribution in [0.1, 0.15) is 45.1 Å². The summed E-state index contributed by atoms with van der Waals surface area (Å²) in [4.78, 5) is 0. The molecule has 0 saturated heterocycles. The highest BCUT2D eigenvalue weighted by molar-refractivity contribution is 5.39. The molecule has 0 aliphatic heterocycles. The van der Waals surface area contributed by atoms with E-state index in [1.165, 1.54) is 12.8 Å². The summed E-state index contributed by atoms with van der Waals surface area (Å²) in [6, 6.07) is 10.6. The van der Waals surface area contributed by atoms with Gasteiger partial charge in [-0.2, -0.15) is 5.26 Å². The standard InChI is InChI=1S/C16H21NO/c1-3-5-13-10-16(11-13,12-17)14-6-8-15(9-7-14)18-4-2/h6-9,13H,3-5,10-11H2,1-2H3. The summed E-state index contributed by atoms with van der Waals surface area (Å²) in [5, 5.41) is 9.47. The first kappa shape index (κ1) is 13.0. The molecule has 18 heavy (non-hydrogen) atoms. The van der Waals surface area contributed by atoms with Gasteiger partial charge in [0.15, 0.2) is 0 Å². The molecule has 1 aliphatic rings. The Hall–Kier alpha value is -1.49. The fourth-order valence-corrected chi connectivity index (χ4v) is 2.97. The Morgan fingerprint density at radius 2 is 1.94 bits per heavy atom. The monoisotopic (exact) mass is 243 g/mol. The van der Waals surface area contributed by atoms with Gasteiger partial charge < -0.3 is 4.74 Å². The van der Waals surface area contributed by atoms with E-state index in [1.807, 2.05) is 19.1 Å². The van der Waals surface area contributed by atoms with Crippen LogP contribution in [0.5, 0.6) is 5.75 Å². The molecule has 0 unspecified atom stereocenters. The van der Waals surface area contributed by atoms with Gasteiger partial charge in [0.25, 0.3) is 0 Å². The van der Waals surface area contributed by atoms with Crippen LogP contribution in [-0.4, -0.2) is 6.61 Å². The largest absolute Gasteiger partial charge is 0.494 e. The van der Waals surface area contributed by atoms with E-state index in [0.29, 0.717) is 6.61 Å². The second-order valence-electron chi connectivity index (χ2n) is 5.21. The van der Waals surface area contributed by atoms with Crippen LogP contribution in [0.4, 0.5) is 0 Å². The Labute approximate surface area is 110 Å². The molecule has 0 radical (unpaired) electrons. The fourth-order valence-electron chi connectivity index (χ4n) is 2.97. The molecule has 0 N–H and O–H groups in total. The van der Waals surface area contributed by atoms with Crippen molar-refractivity contribution in [3.63, 3.8) is 0 Å². The summed E-state index contributed by atoms with van der Waals surface area (Å²) >= 11 is 0. The summed E-state index contributed by atoms with van der Waals surface area (Å²) in [6.45, 7) is 4.87. The second kappa shape index (κ2) is 5.44. The van der Waals surface area contributed by atoms with Crippen molar-refractivity contribution >= 4 is 0 Å². The molecule has 2 heteroatoms. The van der Waals surface area contributed by atoms with Crippen molar-refractivity contribution < 1.29 is 4.74 Å². The van der Waals surface area contributed by atoms with E-state index in [9.17, 15) is 5.26 Å². The Kier molecular flexibility index (Phi) is 3.91. The maximum Gasteiger partial charge on any atom is 0.119 e. The van der Waals surface area contributed by atoms with E-state index < -0.39 is 0 Å². The zero-order valence-corrected chi connectivity index (χ0v) is 11.3. The third-order valence-electron chi connectivity index (χ3n) is 3.90. The molecule has 0 atom stereocenters. The minimum absolute atomic E-state index is 0.232. The first-order chi connectivity index (χ1) is 8.74. The second-order valence-corrected chi connectivity index (χ2v) is 5.21. The quantitative estimate of drug-likeness (QED) is 0.781. The van der Waals surface area contributed by atoms with Gasteiger partial charge in [0.1, 0.15) is 5.75 Å². The Balaban J connectivity index is 2.08. The average molecular weight is 243 g/mol. The van der Waals surface area contributed by atoms with Crippen LogP contribution in [0, 0.1) is 17.2 Å².